The molecule has 0 spiro atoms. The number of hydrogen-bond donors (Lipinski definition) is 1. The van der Waals surface area contributed by atoms with Gasteiger partial charge in [0, 0.05) is 31.2 Å². The lowest BCUT2D eigenvalue weighted by Crippen LogP contribution is -2.58. The average Bonchev–Trinajstić information content (AvgIpc) is 2.36. The molecule has 1 saturated heterocycles. The van der Waals surface area contributed by atoms with Crippen LogP contribution in [0, 0.1) is 0 Å². The molecule has 3 heteroatoms. The standard InChI is InChI=1S/C15H23FN2/c1-15(2)12-18(10-6-9-16)14(11-17-15)13-7-4-3-5-8-13/h3-5,7-8,14,17H,6,9-12H2,1-2H3. The molecule has 2 nitrogen and oxygen atoms in total. The molecule has 0 aromatic heterocycles. The van der Waals surface area contributed by atoms with Crippen molar-refractivity contribution in [3.05, 3.63) is 35.9 Å². The Hall–Kier alpha value is -0.930. The third-order valence-electron chi connectivity index (χ3n) is 3.58. The molecule has 0 aliphatic carbocycles. The Bertz CT molecular complexity index is 364. The maximum absolute atomic E-state index is 12.4. The molecule has 1 aromatic carbocycles. The lowest BCUT2D eigenvalue weighted by Gasteiger charge is -2.45. The van der Waals surface area contributed by atoms with Crippen LogP contribution >= 0.6 is 0 Å². The highest BCUT2D eigenvalue weighted by Gasteiger charge is 2.32. The molecule has 1 fully saturated rings. The van der Waals surface area contributed by atoms with Crippen LogP contribution in [-0.2, 0) is 0 Å². The molecule has 1 atom stereocenters. The summed E-state index contributed by atoms with van der Waals surface area (Å²) in [6.45, 7) is 6.91. The van der Waals surface area contributed by atoms with E-state index in [1.807, 2.05) is 6.07 Å². The molecule has 1 N–H and O–H groups in total. The van der Waals surface area contributed by atoms with Crippen molar-refractivity contribution in [2.45, 2.75) is 31.8 Å². The summed E-state index contributed by atoms with van der Waals surface area (Å²) in [6.07, 6.45) is 0.624. The molecule has 1 unspecified atom stereocenters. The molecular formula is C15H23FN2. The molecular weight excluding hydrogens is 227 g/mol. The summed E-state index contributed by atoms with van der Waals surface area (Å²) in [7, 11) is 0. The summed E-state index contributed by atoms with van der Waals surface area (Å²) in [5.41, 5.74) is 1.43. The van der Waals surface area contributed by atoms with Crippen molar-refractivity contribution in [3.8, 4) is 0 Å². The Morgan fingerprint density at radius 3 is 2.72 bits per heavy atom. The number of nitrogens with zero attached hydrogens (tertiary/aromatic N) is 1. The first-order valence-corrected chi connectivity index (χ1v) is 6.72. The molecule has 18 heavy (non-hydrogen) atoms. The van der Waals surface area contributed by atoms with E-state index in [2.05, 4.69) is 48.3 Å². The summed E-state index contributed by atoms with van der Waals surface area (Å²) in [6, 6.07) is 10.9. The van der Waals surface area contributed by atoms with Crippen LogP contribution in [0.2, 0.25) is 0 Å². The summed E-state index contributed by atoms with van der Waals surface area (Å²) in [4.78, 5) is 2.41. The van der Waals surface area contributed by atoms with Gasteiger partial charge in [0.1, 0.15) is 0 Å². The number of hydrogen-bond acceptors (Lipinski definition) is 2. The molecule has 1 aliphatic rings. The van der Waals surface area contributed by atoms with Crippen LogP contribution in [0.3, 0.4) is 0 Å². The molecule has 0 saturated carbocycles. The first-order valence-electron chi connectivity index (χ1n) is 6.72. The van der Waals surface area contributed by atoms with E-state index in [0.29, 0.717) is 12.5 Å². The van der Waals surface area contributed by atoms with E-state index in [1.165, 1.54) is 5.56 Å². The zero-order valence-electron chi connectivity index (χ0n) is 11.3. The van der Waals surface area contributed by atoms with Gasteiger partial charge in [0.05, 0.1) is 6.67 Å². The van der Waals surface area contributed by atoms with Crippen LogP contribution < -0.4 is 5.32 Å². The molecule has 0 bridgehead atoms. The van der Waals surface area contributed by atoms with Crippen LogP contribution in [0.5, 0.6) is 0 Å². The summed E-state index contributed by atoms with van der Waals surface area (Å²) >= 11 is 0. The predicted octanol–water partition coefficient (Wildman–Crippen LogP) is 2.77. The quantitative estimate of drug-likeness (QED) is 0.884. The van der Waals surface area contributed by atoms with Gasteiger partial charge in [0.25, 0.3) is 0 Å². The molecule has 0 amide bonds. The van der Waals surface area contributed by atoms with Crippen molar-refractivity contribution in [1.29, 1.82) is 0 Å². The fourth-order valence-electron chi connectivity index (χ4n) is 2.68. The minimum atomic E-state index is -0.230. The van der Waals surface area contributed by atoms with E-state index in [9.17, 15) is 4.39 Å². The molecule has 2 rings (SSSR count). The zero-order chi connectivity index (χ0) is 13.0. The maximum atomic E-state index is 12.4. The number of piperazine rings is 1. The van der Waals surface area contributed by atoms with Gasteiger partial charge in [-0.05, 0) is 25.8 Å². The highest BCUT2D eigenvalue weighted by molar-refractivity contribution is 5.20. The lowest BCUT2D eigenvalue weighted by molar-refractivity contribution is 0.0917. The second-order valence-electron chi connectivity index (χ2n) is 5.70. The zero-order valence-corrected chi connectivity index (χ0v) is 11.3. The van der Waals surface area contributed by atoms with Crippen molar-refractivity contribution in [2.24, 2.45) is 0 Å². The normalized spacial score (nSPS) is 24.1. The van der Waals surface area contributed by atoms with Gasteiger partial charge in [-0.1, -0.05) is 30.3 Å². The van der Waals surface area contributed by atoms with Gasteiger partial charge < -0.3 is 5.32 Å². The molecule has 1 aliphatic heterocycles. The number of halogens is 1. The highest BCUT2D eigenvalue weighted by Crippen LogP contribution is 2.26. The van der Waals surface area contributed by atoms with Gasteiger partial charge in [-0.2, -0.15) is 0 Å². The SMILES string of the molecule is CC1(C)CN(CCCF)C(c2ccccc2)CN1. The minimum Gasteiger partial charge on any atom is -0.309 e. The first kappa shape index (κ1) is 13.5. The Morgan fingerprint density at radius 2 is 2.06 bits per heavy atom. The van der Waals surface area contributed by atoms with Crippen LogP contribution in [0.4, 0.5) is 4.39 Å². The first-order chi connectivity index (χ1) is 8.62. The van der Waals surface area contributed by atoms with Crippen molar-refractivity contribution in [3.63, 3.8) is 0 Å². The second-order valence-corrected chi connectivity index (χ2v) is 5.70. The van der Waals surface area contributed by atoms with Gasteiger partial charge >= 0.3 is 0 Å². The average molecular weight is 250 g/mol. The molecule has 100 valence electrons. The van der Waals surface area contributed by atoms with Crippen molar-refractivity contribution >= 4 is 0 Å². The Kier molecular flexibility index (Phi) is 4.36. The smallest absolute Gasteiger partial charge is 0.0906 e. The summed E-state index contributed by atoms with van der Waals surface area (Å²) in [5, 5.41) is 3.58. The van der Waals surface area contributed by atoms with Crippen LogP contribution in [0.15, 0.2) is 30.3 Å². The third-order valence-corrected chi connectivity index (χ3v) is 3.58. The van der Waals surface area contributed by atoms with E-state index in [1.54, 1.807) is 0 Å². The van der Waals surface area contributed by atoms with Crippen LogP contribution in [0.25, 0.3) is 0 Å². The number of rotatable bonds is 4. The van der Waals surface area contributed by atoms with Crippen LogP contribution in [0.1, 0.15) is 31.9 Å². The van der Waals surface area contributed by atoms with Crippen molar-refractivity contribution in [1.82, 2.24) is 10.2 Å². The molecule has 1 aromatic rings. The van der Waals surface area contributed by atoms with Crippen LogP contribution in [-0.4, -0.2) is 36.7 Å². The van der Waals surface area contributed by atoms with Gasteiger partial charge in [-0.3, -0.25) is 9.29 Å². The number of nitrogens with one attached hydrogen (secondary N) is 1. The number of benzene rings is 1. The Balaban J connectivity index is 2.12. The fourth-order valence-corrected chi connectivity index (χ4v) is 2.68. The number of alkyl halides is 1. The maximum Gasteiger partial charge on any atom is 0.0906 e. The van der Waals surface area contributed by atoms with Gasteiger partial charge in [-0.25, -0.2) is 0 Å². The third kappa shape index (κ3) is 3.30. The monoisotopic (exact) mass is 250 g/mol. The predicted molar refractivity (Wildman–Crippen MR) is 73.4 cm³/mol. The van der Waals surface area contributed by atoms with Crippen molar-refractivity contribution in [2.75, 3.05) is 26.3 Å². The Labute approximate surface area is 109 Å². The van der Waals surface area contributed by atoms with Gasteiger partial charge in [0.2, 0.25) is 0 Å². The topological polar surface area (TPSA) is 15.3 Å². The van der Waals surface area contributed by atoms with E-state index >= 15 is 0 Å². The summed E-state index contributed by atoms with van der Waals surface area (Å²) < 4.78 is 12.4. The fraction of sp³-hybridized carbons (Fsp3) is 0.600. The van der Waals surface area contributed by atoms with E-state index in [-0.39, 0.29) is 12.2 Å². The van der Waals surface area contributed by atoms with Gasteiger partial charge in [-0.15, -0.1) is 0 Å². The molecule has 1 heterocycles. The van der Waals surface area contributed by atoms with Gasteiger partial charge in [0.15, 0.2) is 0 Å². The molecule has 0 radical (unpaired) electrons. The largest absolute Gasteiger partial charge is 0.309 e. The van der Waals surface area contributed by atoms with E-state index in [0.717, 1.165) is 19.6 Å². The Morgan fingerprint density at radius 1 is 1.33 bits per heavy atom. The minimum absolute atomic E-state index is 0.113. The second kappa shape index (κ2) is 5.81. The van der Waals surface area contributed by atoms with E-state index < -0.39 is 0 Å². The van der Waals surface area contributed by atoms with Crippen molar-refractivity contribution < 1.29 is 4.39 Å². The lowest BCUT2D eigenvalue weighted by atomic mass is 9.95. The van der Waals surface area contributed by atoms with E-state index in [4.69, 9.17) is 0 Å². The summed E-state index contributed by atoms with van der Waals surface area (Å²) in [5.74, 6) is 0. The highest BCUT2D eigenvalue weighted by atomic mass is 19.1.